The van der Waals surface area contributed by atoms with Crippen molar-refractivity contribution in [3.63, 3.8) is 0 Å². The van der Waals surface area contributed by atoms with Gasteiger partial charge in [0.15, 0.2) is 0 Å². The van der Waals surface area contributed by atoms with E-state index in [1.807, 2.05) is 6.92 Å². The number of amides is 2. The quantitative estimate of drug-likeness (QED) is 0.476. The normalized spacial score (nSPS) is 28.4. The van der Waals surface area contributed by atoms with Gasteiger partial charge in [0.05, 0.1) is 5.78 Å². The van der Waals surface area contributed by atoms with Crippen molar-refractivity contribution in [1.29, 1.82) is 0 Å². The van der Waals surface area contributed by atoms with Gasteiger partial charge in [-0.15, -0.1) is 0 Å². The highest BCUT2D eigenvalue weighted by Crippen LogP contribution is 2.37. The molecule has 1 saturated heterocycles. The number of carbonyl (C=O) groups is 2. The Labute approximate surface area is 55.2 Å². The van der Waals surface area contributed by atoms with Gasteiger partial charge in [-0.3, -0.25) is 14.5 Å². The molecule has 0 bridgehead atoms. The second-order valence-electron chi connectivity index (χ2n) is 2.01. The summed E-state index contributed by atoms with van der Waals surface area (Å²) in [5, 5.41) is 0. The van der Waals surface area contributed by atoms with Gasteiger partial charge < -0.3 is 0 Å². The first-order valence-electron chi connectivity index (χ1n) is 2.73. The van der Waals surface area contributed by atoms with Crippen molar-refractivity contribution in [2.24, 2.45) is 0 Å². The molecule has 1 fully saturated rings. The molecule has 1 aliphatic heterocycles. The minimum Gasteiger partial charge on any atom is -0.275 e. The topological polar surface area (TPSA) is 37.4 Å². The number of imide groups is 1. The molecule has 0 aromatic rings. The number of rotatable bonds is 0. The fourth-order valence-electron chi connectivity index (χ4n) is 0.838. The molecule has 9 heavy (non-hydrogen) atoms. The van der Waals surface area contributed by atoms with Gasteiger partial charge in [0.2, 0.25) is 11.6 Å². The molecular weight excluding hydrogens is 137 g/mol. The SMILES string of the molecule is CC(=O)N1C(=O)PC1C. The zero-order valence-electron chi connectivity index (χ0n) is 5.34. The predicted octanol–water partition coefficient (Wildman–Crippen LogP) is 0.993. The Hall–Kier alpha value is -0.430. The van der Waals surface area contributed by atoms with Crippen LogP contribution in [0.5, 0.6) is 0 Å². The fourth-order valence-corrected chi connectivity index (χ4v) is 1.92. The van der Waals surface area contributed by atoms with E-state index in [-0.39, 0.29) is 17.3 Å². The Morgan fingerprint density at radius 2 is 2.33 bits per heavy atom. The molecule has 0 aromatic carbocycles. The number of hydrogen-bond donors (Lipinski definition) is 0. The van der Waals surface area contributed by atoms with Crippen LogP contribution < -0.4 is 0 Å². The molecule has 0 aromatic heterocycles. The lowest BCUT2D eigenvalue weighted by Crippen LogP contribution is -2.45. The second-order valence-corrected chi connectivity index (χ2v) is 3.57. The molecule has 1 heterocycles. The highest BCUT2D eigenvalue weighted by molar-refractivity contribution is 7.61. The van der Waals surface area contributed by atoms with Crippen molar-refractivity contribution in [2.45, 2.75) is 19.6 Å². The highest BCUT2D eigenvalue weighted by atomic mass is 31.1. The van der Waals surface area contributed by atoms with Gasteiger partial charge in [-0.05, 0) is 15.5 Å². The van der Waals surface area contributed by atoms with Crippen molar-refractivity contribution >= 4 is 20.1 Å². The van der Waals surface area contributed by atoms with Crippen molar-refractivity contribution in [3.8, 4) is 0 Å². The molecule has 50 valence electrons. The summed E-state index contributed by atoms with van der Waals surface area (Å²) >= 11 is 0. The van der Waals surface area contributed by atoms with E-state index in [4.69, 9.17) is 0 Å². The Morgan fingerprint density at radius 3 is 2.44 bits per heavy atom. The zero-order valence-corrected chi connectivity index (χ0v) is 6.34. The third-order valence-electron chi connectivity index (χ3n) is 1.28. The Kier molecular flexibility index (Phi) is 1.54. The molecule has 4 heteroatoms. The lowest BCUT2D eigenvalue weighted by molar-refractivity contribution is -0.126. The van der Waals surface area contributed by atoms with Crippen LogP contribution in [0.1, 0.15) is 13.8 Å². The molecule has 1 rings (SSSR count). The molecule has 3 nitrogen and oxygen atoms in total. The van der Waals surface area contributed by atoms with Crippen molar-refractivity contribution in [1.82, 2.24) is 4.90 Å². The van der Waals surface area contributed by atoms with Gasteiger partial charge >= 0.3 is 0 Å². The maximum Gasteiger partial charge on any atom is 0.249 e. The summed E-state index contributed by atoms with van der Waals surface area (Å²) in [6.07, 6.45) is 0. The van der Waals surface area contributed by atoms with Gasteiger partial charge in [0.25, 0.3) is 0 Å². The van der Waals surface area contributed by atoms with E-state index in [0.717, 1.165) is 0 Å². The van der Waals surface area contributed by atoms with E-state index in [1.54, 1.807) is 0 Å². The smallest absolute Gasteiger partial charge is 0.249 e. The Bertz CT molecular complexity index is 160. The lowest BCUT2D eigenvalue weighted by atomic mass is 10.5. The van der Waals surface area contributed by atoms with E-state index in [2.05, 4.69) is 0 Å². The summed E-state index contributed by atoms with van der Waals surface area (Å²) in [6.45, 7) is 3.29. The minimum absolute atomic E-state index is 0.0185. The molecule has 0 radical (unpaired) electrons. The predicted molar refractivity (Wildman–Crippen MR) is 35.7 cm³/mol. The number of nitrogens with zero attached hydrogens (tertiary/aromatic N) is 1. The molecule has 1 aliphatic rings. The van der Waals surface area contributed by atoms with Crippen molar-refractivity contribution in [2.75, 3.05) is 0 Å². The first-order valence-corrected chi connectivity index (χ1v) is 3.81. The molecule has 0 spiro atoms. The van der Waals surface area contributed by atoms with Gasteiger partial charge in [-0.2, -0.15) is 0 Å². The van der Waals surface area contributed by atoms with E-state index in [9.17, 15) is 9.59 Å². The Morgan fingerprint density at radius 1 is 1.78 bits per heavy atom. The Balaban J connectivity index is 2.59. The molecule has 0 saturated carbocycles. The first kappa shape index (κ1) is 6.69. The van der Waals surface area contributed by atoms with E-state index >= 15 is 0 Å². The van der Waals surface area contributed by atoms with Crippen LogP contribution in [0.4, 0.5) is 4.79 Å². The summed E-state index contributed by atoms with van der Waals surface area (Å²) < 4.78 is 0. The maximum atomic E-state index is 10.6. The standard InChI is InChI=1S/C5H8NO2P/c1-3(7)6-4(2)9-5(6)8/h4,9H,1-2H3. The zero-order chi connectivity index (χ0) is 7.02. The average Bonchev–Trinajstić information content (AvgIpc) is 1.62. The number of carbonyl (C=O) groups excluding carboxylic acids is 2. The monoisotopic (exact) mass is 145 g/mol. The van der Waals surface area contributed by atoms with Crippen LogP contribution in [-0.2, 0) is 4.79 Å². The van der Waals surface area contributed by atoms with Gasteiger partial charge in [0.1, 0.15) is 0 Å². The van der Waals surface area contributed by atoms with Crippen LogP contribution in [0.3, 0.4) is 0 Å². The fraction of sp³-hybridized carbons (Fsp3) is 0.600. The van der Waals surface area contributed by atoms with Crippen LogP contribution in [0.15, 0.2) is 0 Å². The van der Waals surface area contributed by atoms with E-state index < -0.39 is 0 Å². The van der Waals surface area contributed by atoms with Gasteiger partial charge in [-0.25, -0.2) is 0 Å². The highest BCUT2D eigenvalue weighted by Gasteiger charge is 2.35. The van der Waals surface area contributed by atoms with Crippen molar-refractivity contribution < 1.29 is 9.59 Å². The van der Waals surface area contributed by atoms with Gasteiger partial charge in [-0.1, -0.05) is 0 Å². The van der Waals surface area contributed by atoms with Gasteiger partial charge in [0, 0.05) is 6.92 Å². The molecule has 0 aliphatic carbocycles. The van der Waals surface area contributed by atoms with Crippen LogP contribution >= 0.6 is 8.58 Å². The van der Waals surface area contributed by atoms with Crippen LogP contribution in [0, 0.1) is 0 Å². The molecular formula is C5H8NO2P. The third-order valence-corrected chi connectivity index (χ3v) is 2.44. The van der Waals surface area contributed by atoms with E-state index in [1.165, 1.54) is 11.8 Å². The van der Waals surface area contributed by atoms with Crippen LogP contribution in [-0.4, -0.2) is 22.2 Å². The summed E-state index contributed by atoms with van der Waals surface area (Å²) in [5.74, 6) is 0.0289. The molecule has 2 amide bonds. The summed E-state index contributed by atoms with van der Waals surface area (Å²) in [7, 11) is 0.308. The van der Waals surface area contributed by atoms with E-state index in [0.29, 0.717) is 8.58 Å². The molecule has 2 unspecified atom stereocenters. The average molecular weight is 145 g/mol. The van der Waals surface area contributed by atoms with Crippen LogP contribution in [0.2, 0.25) is 0 Å². The third kappa shape index (κ3) is 0.969. The minimum atomic E-state index is -0.133. The number of hydrogen-bond acceptors (Lipinski definition) is 2. The lowest BCUT2D eigenvalue weighted by Gasteiger charge is -2.34. The largest absolute Gasteiger partial charge is 0.275 e. The molecule has 0 N–H and O–H groups in total. The maximum absolute atomic E-state index is 10.6. The van der Waals surface area contributed by atoms with Crippen LogP contribution in [0.25, 0.3) is 0 Å². The summed E-state index contributed by atoms with van der Waals surface area (Å²) in [6, 6.07) is 0. The molecule has 2 atom stereocenters. The van der Waals surface area contributed by atoms with Crippen molar-refractivity contribution in [3.05, 3.63) is 0 Å². The first-order chi connectivity index (χ1) is 4.13. The second kappa shape index (κ2) is 2.07. The summed E-state index contributed by atoms with van der Waals surface area (Å²) in [4.78, 5) is 22.4. The summed E-state index contributed by atoms with van der Waals surface area (Å²) in [5.41, 5.74) is -0.0185.